The van der Waals surface area contributed by atoms with Gasteiger partial charge in [-0.05, 0) is 35.2 Å². The molecule has 0 spiro atoms. The summed E-state index contributed by atoms with van der Waals surface area (Å²) in [7, 11) is 0. The van der Waals surface area contributed by atoms with Gasteiger partial charge in [0, 0.05) is 34.0 Å². The van der Waals surface area contributed by atoms with Crippen LogP contribution in [-0.4, -0.2) is 30.8 Å². The minimum absolute atomic E-state index is 0.283. The van der Waals surface area contributed by atoms with Crippen LogP contribution >= 0.6 is 34.7 Å². The van der Waals surface area contributed by atoms with Crippen LogP contribution in [0.1, 0.15) is 10.4 Å². The maximum absolute atomic E-state index is 11.6. The van der Waals surface area contributed by atoms with E-state index in [1.54, 1.807) is 47.4 Å². The Hall–Kier alpha value is -1.76. The molecule has 0 atom stereocenters. The molecule has 25 heavy (non-hydrogen) atoms. The highest BCUT2D eigenvalue weighted by atomic mass is 35.5. The quantitative estimate of drug-likeness (QED) is 0.396. The van der Waals surface area contributed by atoms with Crippen LogP contribution in [0.3, 0.4) is 0 Å². The molecule has 1 aromatic carbocycles. The van der Waals surface area contributed by atoms with Crippen molar-refractivity contribution in [3.63, 3.8) is 0 Å². The summed E-state index contributed by atoms with van der Waals surface area (Å²) in [6.45, 7) is 0.263. The third kappa shape index (κ3) is 8.25. The summed E-state index contributed by atoms with van der Waals surface area (Å²) in [5.41, 5.74) is 0.789. The van der Waals surface area contributed by atoms with E-state index in [-0.39, 0.29) is 12.5 Å². The molecule has 0 fully saturated rings. The normalized spacial score (nSPS) is 10.8. The van der Waals surface area contributed by atoms with E-state index in [0.29, 0.717) is 11.6 Å². The van der Waals surface area contributed by atoms with E-state index in [0.717, 1.165) is 17.1 Å². The lowest BCUT2D eigenvalue weighted by Crippen LogP contribution is -2.30. The number of carbonyl (C=O) groups is 2. The van der Waals surface area contributed by atoms with Crippen LogP contribution in [0.4, 0.5) is 0 Å². The number of esters is 1. The fourth-order valence-corrected chi connectivity index (χ4v) is 3.74. The predicted octanol–water partition coefficient (Wildman–Crippen LogP) is 4.01. The second kappa shape index (κ2) is 11.0. The van der Waals surface area contributed by atoms with Crippen LogP contribution < -0.4 is 5.32 Å². The van der Waals surface area contributed by atoms with Crippen LogP contribution in [0.15, 0.2) is 47.9 Å². The molecule has 1 N–H and O–H groups in total. The Bertz CT molecular complexity index is 717. The second-order valence-electron chi connectivity index (χ2n) is 4.98. The van der Waals surface area contributed by atoms with Crippen molar-refractivity contribution >= 4 is 52.7 Å². The standard InChI is InChI=1S/C18H18ClNO3S2/c19-15-4-1-3-14(11-15)6-7-18(22)23-12-17(21)20-8-10-24-13-16-5-2-9-25-16/h1-7,9,11H,8,10,12-13H2,(H,20,21)/b7-6+. The van der Waals surface area contributed by atoms with Crippen LogP contribution in [0.5, 0.6) is 0 Å². The highest BCUT2D eigenvalue weighted by Crippen LogP contribution is 2.16. The largest absolute Gasteiger partial charge is 0.452 e. The molecule has 0 aliphatic carbocycles. The highest BCUT2D eigenvalue weighted by molar-refractivity contribution is 7.98. The van der Waals surface area contributed by atoms with Gasteiger partial charge in [0.25, 0.3) is 5.91 Å². The molecule has 1 heterocycles. The maximum Gasteiger partial charge on any atom is 0.331 e. The zero-order valence-corrected chi connectivity index (χ0v) is 15.8. The van der Waals surface area contributed by atoms with Gasteiger partial charge in [-0.25, -0.2) is 4.79 Å². The van der Waals surface area contributed by atoms with Gasteiger partial charge in [-0.15, -0.1) is 11.3 Å². The van der Waals surface area contributed by atoms with Crippen molar-refractivity contribution in [2.24, 2.45) is 0 Å². The van der Waals surface area contributed by atoms with Crippen molar-refractivity contribution in [1.82, 2.24) is 5.32 Å². The van der Waals surface area contributed by atoms with Gasteiger partial charge in [-0.1, -0.05) is 29.8 Å². The predicted molar refractivity (Wildman–Crippen MR) is 105 cm³/mol. The number of ether oxygens (including phenoxy) is 1. The summed E-state index contributed by atoms with van der Waals surface area (Å²) in [5, 5.41) is 5.36. The fraction of sp³-hybridized carbons (Fsp3) is 0.222. The lowest BCUT2D eigenvalue weighted by Gasteiger charge is -2.05. The Kier molecular flexibility index (Phi) is 8.59. The van der Waals surface area contributed by atoms with E-state index in [4.69, 9.17) is 16.3 Å². The molecule has 0 aliphatic heterocycles. The van der Waals surface area contributed by atoms with Gasteiger partial charge in [-0.2, -0.15) is 11.8 Å². The summed E-state index contributed by atoms with van der Waals surface area (Å²) < 4.78 is 4.90. The monoisotopic (exact) mass is 395 g/mol. The van der Waals surface area contributed by atoms with E-state index < -0.39 is 5.97 Å². The number of hydrogen-bond acceptors (Lipinski definition) is 5. The molecular formula is C18H18ClNO3S2. The summed E-state index contributed by atoms with van der Waals surface area (Å²) >= 11 is 9.33. The fourth-order valence-electron chi connectivity index (χ4n) is 1.84. The molecular weight excluding hydrogens is 378 g/mol. The third-order valence-corrected chi connectivity index (χ3v) is 5.30. The van der Waals surface area contributed by atoms with Crippen molar-refractivity contribution < 1.29 is 14.3 Å². The van der Waals surface area contributed by atoms with Crippen LogP contribution in [-0.2, 0) is 20.1 Å². The molecule has 0 saturated heterocycles. The first-order valence-corrected chi connectivity index (χ1v) is 10.0. The number of thiophene rings is 1. The number of thioether (sulfide) groups is 1. The third-order valence-electron chi connectivity index (χ3n) is 3.00. The zero-order valence-electron chi connectivity index (χ0n) is 13.4. The van der Waals surface area contributed by atoms with Gasteiger partial charge in [0.2, 0.25) is 0 Å². The van der Waals surface area contributed by atoms with Crippen molar-refractivity contribution in [2.75, 3.05) is 18.9 Å². The van der Waals surface area contributed by atoms with Gasteiger partial charge in [0.05, 0.1) is 0 Å². The van der Waals surface area contributed by atoms with Crippen molar-refractivity contribution in [3.05, 3.63) is 63.3 Å². The van der Waals surface area contributed by atoms with Gasteiger partial charge in [0.15, 0.2) is 6.61 Å². The summed E-state index contributed by atoms with van der Waals surface area (Å²) in [6.07, 6.45) is 2.86. The Morgan fingerprint density at radius 3 is 2.92 bits per heavy atom. The summed E-state index contributed by atoms with van der Waals surface area (Å²) in [4.78, 5) is 24.5. The van der Waals surface area contributed by atoms with E-state index in [2.05, 4.69) is 11.4 Å². The van der Waals surface area contributed by atoms with E-state index in [1.165, 1.54) is 11.0 Å². The molecule has 1 amide bonds. The van der Waals surface area contributed by atoms with Gasteiger partial charge in [-0.3, -0.25) is 4.79 Å². The van der Waals surface area contributed by atoms with Gasteiger partial charge in [0.1, 0.15) is 0 Å². The number of hydrogen-bond donors (Lipinski definition) is 1. The Morgan fingerprint density at radius 2 is 2.16 bits per heavy atom. The Labute approximate surface area is 160 Å². The number of nitrogens with one attached hydrogen (secondary N) is 1. The number of benzene rings is 1. The van der Waals surface area contributed by atoms with E-state index >= 15 is 0 Å². The summed E-state index contributed by atoms with van der Waals surface area (Å²) in [5.74, 6) is 0.881. The van der Waals surface area contributed by atoms with Gasteiger partial charge < -0.3 is 10.1 Å². The number of halogens is 1. The van der Waals surface area contributed by atoms with Crippen molar-refractivity contribution in [1.29, 1.82) is 0 Å². The molecule has 2 aromatic rings. The Balaban J connectivity index is 1.57. The molecule has 0 radical (unpaired) electrons. The molecule has 1 aromatic heterocycles. The first-order chi connectivity index (χ1) is 12.1. The Morgan fingerprint density at radius 1 is 1.28 bits per heavy atom. The van der Waals surface area contributed by atoms with E-state index in [9.17, 15) is 9.59 Å². The van der Waals surface area contributed by atoms with Crippen LogP contribution in [0.2, 0.25) is 5.02 Å². The van der Waals surface area contributed by atoms with Crippen molar-refractivity contribution in [3.8, 4) is 0 Å². The molecule has 0 saturated carbocycles. The van der Waals surface area contributed by atoms with Crippen LogP contribution in [0, 0.1) is 0 Å². The lowest BCUT2D eigenvalue weighted by atomic mass is 10.2. The average Bonchev–Trinajstić information content (AvgIpc) is 3.11. The smallest absolute Gasteiger partial charge is 0.331 e. The van der Waals surface area contributed by atoms with Gasteiger partial charge >= 0.3 is 5.97 Å². The second-order valence-corrected chi connectivity index (χ2v) is 7.55. The molecule has 0 unspecified atom stereocenters. The zero-order chi connectivity index (χ0) is 17.9. The summed E-state index contributed by atoms with van der Waals surface area (Å²) in [6, 6.07) is 11.2. The molecule has 2 rings (SSSR count). The van der Waals surface area contributed by atoms with Crippen LogP contribution in [0.25, 0.3) is 6.08 Å². The minimum Gasteiger partial charge on any atom is -0.452 e. The first kappa shape index (κ1) is 19.6. The molecule has 7 heteroatoms. The molecule has 0 bridgehead atoms. The lowest BCUT2D eigenvalue weighted by molar-refractivity contribution is -0.143. The first-order valence-electron chi connectivity index (χ1n) is 7.61. The topological polar surface area (TPSA) is 55.4 Å². The van der Waals surface area contributed by atoms with E-state index in [1.807, 2.05) is 17.5 Å². The number of amides is 1. The highest BCUT2D eigenvalue weighted by Gasteiger charge is 2.04. The maximum atomic E-state index is 11.6. The minimum atomic E-state index is -0.567. The average molecular weight is 396 g/mol. The molecule has 132 valence electrons. The van der Waals surface area contributed by atoms with Crippen molar-refractivity contribution in [2.45, 2.75) is 5.75 Å². The molecule has 0 aliphatic rings. The SMILES string of the molecule is O=C(COC(=O)/C=C/c1cccc(Cl)c1)NCCSCc1cccs1. The number of rotatable bonds is 9. The molecule has 4 nitrogen and oxygen atoms in total. The number of carbonyl (C=O) groups excluding carboxylic acids is 2.